The van der Waals surface area contributed by atoms with Gasteiger partial charge in [0, 0.05) is 13.3 Å². The summed E-state index contributed by atoms with van der Waals surface area (Å²) >= 11 is 0. The fourth-order valence-electron chi connectivity index (χ4n) is 3.10. The largest absolute Gasteiger partial charge is 0.490 e. The summed E-state index contributed by atoms with van der Waals surface area (Å²) in [5.74, 6) is -8.87. The number of aldehydes is 1. The molecule has 0 saturated carbocycles. The second kappa shape index (κ2) is 19.0. The Balaban J connectivity index is 0. The maximum Gasteiger partial charge on any atom is 0.490 e. The van der Waals surface area contributed by atoms with Gasteiger partial charge in [-0.15, -0.1) is 0 Å². The zero-order valence-electron chi connectivity index (χ0n) is 23.6. The van der Waals surface area contributed by atoms with Crippen LogP contribution in [0.2, 0.25) is 0 Å². The topological polar surface area (TPSA) is 245 Å². The van der Waals surface area contributed by atoms with Gasteiger partial charge in [0.25, 0.3) is 0 Å². The summed E-state index contributed by atoms with van der Waals surface area (Å²) in [6.07, 6.45) is -5.79. The van der Waals surface area contributed by atoms with Crippen molar-refractivity contribution in [2.24, 2.45) is 11.8 Å². The summed E-state index contributed by atoms with van der Waals surface area (Å²) in [7, 11) is 0. The highest BCUT2D eigenvalue weighted by molar-refractivity contribution is 5.95. The zero-order chi connectivity index (χ0) is 33.4. The van der Waals surface area contributed by atoms with Crippen LogP contribution in [0.25, 0.3) is 0 Å². The Morgan fingerprint density at radius 3 is 1.64 bits per heavy atom. The number of aliphatic carboxylic acids is 3. The molecule has 42 heavy (non-hydrogen) atoms. The molecule has 0 aliphatic rings. The van der Waals surface area contributed by atoms with Gasteiger partial charge in [0.1, 0.15) is 24.4 Å². The minimum Gasteiger partial charge on any atom is -0.481 e. The van der Waals surface area contributed by atoms with Gasteiger partial charge in [-0.3, -0.25) is 28.8 Å². The van der Waals surface area contributed by atoms with Crippen LogP contribution in [0.15, 0.2) is 0 Å². The van der Waals surface area contributed by atoms with Gasteiger partial charge in [-0.2, -0.15) is 13.2 Å². The number of carboxylic acid groups (broad SMARTS) is 3. The van der Waals surface area contributed by atoms with Crippen molar-refractivity contribution in [1.82, 2.24) is 21.3 Å². The maximum absolute atomic E-state index is 13.0. The molecule has 0 rings (SSSR count). The lowest BCUT2D eigenvalue weighted by molar-refractivity contribution is -0.192. The van der Waals surface area contributed by atoms with Gasteiger partial charge in [-0.05, 0) is 18.3 Å². The monoisotopic (exact) mass is 614 g/mol. The number of hydrogen-bond donors (Lipinski definition) is 7. The summed E-state index contributed by atoms with van der Waals surface area (Å²) in [6, 6.07) is -4.82. The van der Waals surface area contributed by atoms with E-state index in [1.165, 1.54) is 6.92 Å². The Bertz CT molecular complexity index is 989. The molecule has 5 atom stereocenters. The molecule has 0 aromatic heterocycles. The van der Waals surface area contributed by atoms with Crippen LogP contribution in [-0.4, -0.2) is 93.5 Å². The lowest BCUT2D eigenvalue weighted by atomic mass is 9.96. The Kier molecular flexibility index (Phi) is 18.0. The minimum atomic E-state index is -5.08. The summed E-state index contributed by atoms with van der Waals surface area (Å²) in [5, 5.41) is 34.7. The highest BCUT2D eigenvalue weighted by atomic mass is 19.4. The first-order valence-electron chi connectivity index (χ1n) is 12.5. The molecule has 7 N–H and O–H groups in total. The van der Waals surface area contributed by atoms with Crippen LogP contribution in [0.4, 0.5) is 13.2 Å². The Labute approximate surface area is 239 Å². The van der Waals surface area contributed by atoms with Gasteiger partial charge in [-0.25, -0.2) is 4.79 Å². The van der Waals surface area contributed by atoms with E-state index >= 15 is 0 Å². The number of halogens is 3. The number of carbonyl (C=O) groups is 8. The van der Waals surface area contributed by atoms with Crippen LogP contribution in [0.5, 0.6) is 0 Å². The van der Waals surface area contributed by atoms with Crippen LogP contribution < -0.4 is 21.3 Å². The lowest BCUT2D eigenvalue weighted by Crippen LogP contribution is -2.59. The van der Waals surface area contributed by atoms with Crippen molar-refractivity contribution in [1.29, 1.82) is 0 Å². The van der Waals surface area contributed by atoms with Gasteiger partial charge < -0.3 is 41.4 Å². The van der Waals surface area contributed by atoms with E-state index in [0.29, 0.717) is 6.42 Å². The molecular formula is C24H37F3N4O11. The maximum atomic E-state index is 13.0. The van der Waals surface area contributed by atoms with Crippen molar-refractivity contribution in [3.05, 3.63) is 0 Å². The van der Waals surface area contributed by atoms with Crippen molar-refractivity contribution in [3.63, 3.8) is 0 Å². The first kappa shape index (κ1) is 39.9. The van der Waals surface area contributed by atoms with E-state index < -0.39 is 90.6 Å². The quantitative estimate of drug-likeness (QED) is 0.112. The molecular weight excluding hydrogens is 577 g/mol. The lowest BCUT2D eigenvalue weighted by Gasteiger charge is -2.28. The molecule has 0 aromatic rings. The van der Waals surface area contributed by atoms with Crippen molar-refractivity contribution in [2.75, 3.05) is 0 Å². The second-order valence-electron chi connectivity index (χ2n) is 9.44. The standard InChI is InChI=1S/C22H36N4O9.C2HF3O2/c1-6-12(4)19(22(35)24-14(10-27)9-17(31)32)26-20(33)15(7-8-16(29)30)25-21(34)18(11(2)3)23-13(5)28;3-2(4,5)1(6)7/h10-12,14-15,18-19H,6-9H2,1-5H3,(H,23,28)(H,24,35)(H,25,34)(H,26,33)(H,29,30)(H,31,32);(H,6,7). The van der Waals surface area contributed by atoms with E-state index in [2.05, 4.69) is 21.3 Å². The summed E-state index contributed by atoms with van der Waals surface area (Å²) in [5.41, 5.74) is 0. The highest BCUT2D eigenvalue weighted by Gasteiger charge is 2.38. The zero-order valence-corrected chi connectivity index (χ0v) is 23.6. The number of carboxylic acids is 3. The molecule has 0 heterocycles. The van der Waals surface area contributed by atoms with Crippen molar-refractivity contribution >= 4 is 47.8 Å². The fourth-order valence-corrected chi connectivity index (χ4v) is 3.10. The van der Waals surface area contributed by atoms with E-state index in [9.17, 15) is 46.7 Å². The molecule has 0 bridgehead atoms. The second-order valence-corrected chi connectivity index (χ2v) is 9.44. The predicted molar refractivity (Wildman–Crippen MR) is 137 cm³/mol. The highest BCUT2D eigenvalue weighted by Crippen LogP contribution is 2.13. The predicted octanol–water partition coefficient (Wildman–Crippen LogP) is -0.181. The van der Waals surface area contributed by atoms with Gasteiger partial charge in [-0.1, -0.05) is 34.1 Å². The number of alkyl halides is 3. The van der Waals surface area contributed by atoms with Crippen LogP contribution in [0.3, 0.4) is 0 Å². The van der Waals surface area contributed by atoms with E-state index in [1.807, 2.05) is 0 Å². The summed E-state index contributed by atoms with van der Waals surface area (Å²) in [6.45, 7) is 7.97. The third-order valence-corrected chi connectivity index (χ3v) is 5.51. The molecule has 0 spiro atoms. The summed E-state index contributed by atoms with van der Waals surface area (Å²) in [4.78, 5) is 92.0. The van der Waals surface area contributed by atoms with Gasteiger partial charge >= 0.3 is 24.1 Å². The van der Waals surface area contributed by atoms with Crippen LogP contribution in [0, 0.1) is 11.8 Å². The SMILES string of the molecule is CCC(C)C(NC(=O)C(CCC(=O)O)NC(=O)C(NC(C)=O)C(C)C)C(=O)NC(C=O)CC(=O)O.O=C(O)C(F)(F)F. The van der Waals surface area contributed by atoms with E-state index in [1.54, 1.807) is 27.7 Å². The molecule has 0 saturated heterocycles. The van der Waals surface area contributed by atoms with Crippen LogP contribution in [0.1, 0.15) is 60.3 Å². The number of carbonyl (C=O) groups excluding carboxylic acids is 5. The number of amides is 4. The van der Waals surface area contributed by atoms with Crippen LogP contribution in [-0.2, 0) is 38.4 Å². The first-order valence-corrected chi connectivity index (χ1v) is 12.5. The third kappa shape index (κ3) is 16.8. The number of nitrogens with one attached hydrogen (secondary N) is 4. The average molecular weight is 615 g/mol. The van der Waals surface area contributed by atoms with Gasteiger partial charge in [0.15, 0.2) is 0 Å². The van der Waals surface area contributed by atoms with Crippen LogP contribution >= 0.6 is 0 Å². The van der Waals surface area contributed by atoms with Crippen molar-refractivity contribution < 1.29 is 66.8 Å². The molecule has 0 radical (unpaired) electrons. The minimum absolute atomic E-state index is 0.269. The Hall–Kier alpha value is -4.25. The molecule has 240 valence electrons. The molecule has 18 heteroatoms. The molecule has 0 fully saturated rings. The van der Waals surface area contributed by atoms with Crippen molar-refractivity contribution in [2.45, 2.75) is 90.6 Å². The normalized spacial score (nSPS) is 14.4. The number of rotatable bonds is 16. The van der Waals surface area contributed by atoms with Crippen molar-refractivity contribution in [3.8, 4) is 0 Å². The molecule has 4 amide bonds. The number of hydrogen-bond acceptors (Lipinski definition) is 8. The van der Waals surface area contributed by atoms with E-state index in [0.717, 1.165) is 0 Å². The molecule has 15 nitrogen and oxygen atoms in total. The Morgan fingerprint density at radius 2 is 1.29 bits per heavy atom. The molecule has 5 unspecified atom stereocenters. The Morgan fingerprint density at radius 1 is 0.786 bits per heavy atom. The van der Waals surface area contributed by atoms with Gasteiger partial charge in [0.2, 0.25) is 23.6 Å². The molecule has 0 aliphatic heterocycles. The third-order valence-electron chi connectivity index (χ3n) is 5.51. The summed E-state index contributed by atoms with van der Waals surface area (Å²) < 4.78 is 31.7. The average Bonchev–Trinajstić information content (AvgIpc) is 2.85. The molecule has 0 aromatic carbocycles. The fraction of sp³-hybridized carbons (Fsp3) is 0.667. The van der Waals surface area contributed by atoms with Gasteiger partial charge in [0.05, 0.1) is 12.5 Å². The van der Waals surface area contributed by atoms with E-state index in [-0.39, 0.29) is 18.6 Å². The smallest absolute Gasteiger partial charge is 0.481 e. The molecule has 0 aliphatic carbocycles. The van der Waals surface area contributed by atoms with E-state index in [4.69, 9.17) is 20.1 Å². The first-order chi connectivity index (χ1) is 19.2.